The Morgan fingerprint density at radius 1 is 0.731 bits per heavy atom. The third-order valence-corrected chi connectivity index (χ3v) is 7.21. The lowest BCUT2D eigenvalue weighted by Crippen LogP contribution is -2.71. The highest BCUT2D eigenvalue weighted by Crippen LogP contribution is 2.33. The van der Waals surface area contributed by atoms with E-state index in [-0.39, 0.29) is 6.42 Å². The molecule has 2 rings (SSSR count). The highest BCUT2D eigenvalue weighted by Gasteiger charge is 2.56. The van der Waals surface area contributed by atoms with Crippen molar-refractivity contribution in [2.75, 3.05) is 13.2 Å². The Morgan fingerprint density at radius 2 is 1.25 bits per heavy atom. The highest BCUT2D eigenvalue weighted by molar-refractivity contribution is 5.84. The van der Waals surface area contributed by atoms with Gasteiger partial charge >= 0.3 is 41.8 Å². The number of hydrogen-bond acceptors (Lipinski definition) is 18. The Morgan fingerprint density at radius 3 is 1.75 bits per heavy atom. The van der Waals surface area contributed by atoms with E-state index in [9.17, 15) is 43.5 Å². The second-order valence-corrected chi connectivity index (χ2v) is 11.7. The molecule has 19 nitrogen and oxygen atoms in total. The van der Waals surface area contributed by atoms with Crippen LogP contribution in [0.2, 0.25) is 0 Å². The van der Waals surface area contributed by atoms with Crippen LogP contribution in [0.5, 0.6) is 0 Å². The Hall–Kier alpha value is -5.14. The van der Waals surface area contributed by atoms with E-state index >= 15 is 0 Å². The number of hydrogen-bond donors (Lipinski definition) is 3. The monoisotopic (exact) mass is 740 g/mol. The van der Waals surface area contributed by atoms with Gasteiger partial charge in [0.15, 0.2) is 36.3 Å². The molecule has 1 amide bonds. The zero-order valence-corrected chi connectivity index (χ0v) is 29.7. The highest BCUT2D eigenvalue weighted by atomic mass is 16.7. The van der Waals surface area contributed by atoms with Crippen molar-refractivity contribution in [3.63, 3.8) is 0 Å². The molecule has 288 valence electrons. The zero-order valence-electron chi connectivity index (χ0n) is 29.7. The van der Waals surface area contributed by atoms with Crippen LogP contribution in [-0.4, -0.2) is 121 Å². The molecule has 1 aliphatic heterocycles. The van der Waals surface area contributed by atoms with Gasteiger partial charge in [0, 0.05) is 61.4 Å². The van der Waals surface area contributed by atoms with Gasteiger partial charge in [-0.25, -0.2) is 0 Å². The second kappa shape index (κ2) is 19.5. The second-order valence-electron chi connectivity index (χ2n) is 11.7. The van der Waals surface area contributed by atoms with E-state index in [1.165, 1.54) is 0 Å². The minimum Gasteiger partial charge on any atom is -0.462 e. The zero-order chi connectivity index (χ0) is 39.3. The van der Waals surface area contributed by atoms with Gasteiger partial charge in [0.2, 0.25) is 6.10 Å². The molecule has 0 bridgehead atoms. The molecule has 1 aromatic rings. The minimum atomic E-state index is -2.28. The Balaban J connectivity index is 2.60. The van der Waals surface area contributed by atoms with Crippen LogP contribution >= 0.6 is 0 Å². The average Bonchev–Trinajstić information content (AvgIpc) is 3.02. The van der Waals surface area contributed by atoms with Crippen molar-refractivity contribution in [3.8, 4) is 0 Å². The molecule has 0 aromatic heterocycles. The summed E-state index contributed by atoms with van der Waals surface area (Å²) in [6.45, 7) is 5.44. The number of esters is 7. The van der Waals surface area contributed by atoms with E-state index in [0.29, 0.717) is 5.56 Å². The first-order valence-electron chi connectivity index (χ1n) is 15.9. The molecule has 9 atom stereocenters. The molecule has 1 aromatic carbocycles. The van der Waals surface area contributed by atoms with Crippen LogP contribution in [0, 0.1) is 0 Å². The van der Waals surface area contributed by atoms with Crippen molar-refractivity contribution in [2.45, 2.75) is 109 Å². The van der Waals surface area contributed by atoms with E-state index < -0.39 is 115 Å². The lowest BCUT2D eigenvalue weighted by atomic mass is 9.86. The average molecular weight is 741 g/mol. The molecular formula is C33H44N2O17. The molecule has 0 spiro atoms. The quantitative estimate of drug-likeness (QED) is 0.134. The molecule has 1 aliphatic rings. The first kappa shape index (κ1) is 43.0. The molecule has 1 heterocycles. The molecule has 1 fully saturated rings. The van der Waals surface area contributed by atoms with Gasteiger partial charge in [-0.05, 0) is 5.56 Å². The molecule has 0 radical (unpaired) electrons. The van der Waals surface area contributed by atoms with Crippen molar-refractivity contribution in [1.29, 1.82) is 0 Å². The predicted molar refractivity (Wildman–Crippen MR) is 171 cm³/mol. The Kier molecular flexibility index (Phi) is 16.1. The van der Waals surface area contributed by atoms with Crippen molar-refractivity contribution in [2.24, 2.45) is 5.73 Å². The predicted octanol–water partition coefficient (Wildman–Crippen LogP) is -1.09. The standard InChI is InChI=1S/C33H44N2O17/c1-16(36)45-15-25(46-17(2)37)27(48-19(4)39)28(49-20(5)40)30(51-22(7)42)32(43)35-14-24-26(47-18(3)38)29(50-21(6)41)31(34)33(44,52-24)13-23-11-9-8-10-12-23/h8-12,24-31,44H,13-15,34H2,1-7H3,(H,35,43)/t24-,25-,26-,27-,28+,29+,30-,31-,33+/m1/s1. The van der Waals surface area contributed by atoms with Crippen LogP contribution < -0.4 is 11.1 Å². The summed E-state index contributed by atoms with van der Waals surface area (Å²) in [7, 11) is 0. The summed E-state index contributed by atoms with van der Waals surface area (Å²) in [6, 6.07) is 6.93. The fraction of sp³-hybridized carbons (Fsp3) is 0.576. The Labute approximate surface area is 298 Å². The van der Waals surface area contributed by atoms with Crippen LogP contribution in [0.3, 0.4) is 0 Å². The number of amides is 1. The first-order valence-corrected chi connectivity index (χ1v) is 15.9. The molecule has 0 unspecified atom stereocenters. The Bertz CT molecular complexity index is 1470. The van der Waals surface area contributed by atoms with E-state index in [1.807, 2.05) is 0 Å². The summed E-state index contributed by atoms with van der Waals surface area (Å²) in [5, 5.41) is 14.1. The number of benzene rings is 1. The number of rotatable bonds is 16. The van der Waals surface area contributed by atoms with E-state index in [0.717, 1.165) is 48.5 Å². The molecule has 0 saturated carbocycles. The van der Waals surface area contributed by atoms with Gasteiger partial charge in [-0.15, -0.1) is 0 Å². The van der Waals surface area contributed by atoms with Crippen molar-refractivity contribution < 1.29 is 81.4 Å². The number of carbonyl (C=O) groups excluding carboxylic acids is 8. The lowest BCUT2D eigenvalue weighted by molar-refractivity contribution is -0.310. The number of aliphatic hydroxyl groups is 1. The number of ether oxygens (including phenoxy) is 8. The van der Waals surface area contributed by atoms with Crippen LogP contribution in [0.1, 0.15) is 54.0 Å². The maximum atomic E-state index is 13.9. The van der Waals surface area contributed by atoms with Gasteiger partial charge in [-0.2, -0.15) is 0 Å². The third-order valence-electron chi connectivity index (χ3n) is 7.21. The summed E-state index contributed by atoms with van der Waals surface area (Å²) in [5.74, 6) is -10.2. The van der Waals surface area contributed by atoms with Crippen LogP contribution in [0.15, 0.2) is 30.3 Å². The molecule has 1 saturated heterocycles. The lowest BCUT2D eigenvalue weighted by Gasteiger charge is -2.48. The maximum absolute atomic E-state index is 13.9. The van der Waals surface area contributed by atoms with Crippen molar-refractivity contribution >= 4 is 47.7 Å². The summed E-state index contributed by atoms with van der Waals surface area (Å²) >= 11 is 0. The van der Waals surface area contributed by atoms with Gasteiger partial charge in [0.25, 0.3) is 5.91 Å². The largest absolute Gasteiger partial charge is 0.462 e. The summed E-state index contributed by atoms with van der Waals surface area (Å²) in [4.78, 5) is 98.7. The van der Waals surface area contributed by atoms with Gasteiger partial charge in [-0.1, -0.05) is 30.3 Å². The fourth-order valence-electron chi connectivity index (χ4n) is 5.35. The number of nitrogens with two attached hydrogens (primary N) is 1. The smallest absolute Gasteiger partial charge is 0.303 e. The normalized spacial score (nSPS) is 23.2. The van der Waals surface area contributed by atoms with E-state index in [1.54, 1.807) is 30.3 Å². The summed E-state index contributed by atoms with van der Waals surface area (Å²) in [5.41, 5.74) is 6.90. The topological polar surface area (TPSA) is 269 Å². The first-order chi connectivity index (χ1) is 24.2. The van der Waals surface area contributed by atoms with E-state index in [2.05, 4.69) is 5.32 Å². The van der Waals surface area contributed by atoms with Gasteiger partial charge < -0.3 is 54.1 Å². The van der Waals surface area contributed by atoms with Gasteiger partial charge in [-0.3, -0.25) is 38.4 Å². The molecule has 19 heteroatoms. The fourth-order valence-corrected chi connectivity index (χ4v) is 5.35. The number of carbonyl (C=O) groups is 8. The molecular weight excluding hydrogens is 696 g/mol. The van der Waals surface area contributed by atoms with Gasteiger partial charge in [0.05, 0.1) is 0 Å². The van der Waals surface area contributed by atoms with E-state index in [4.69, 9.17) is 43.6 Å². The summed E-state index contributed by atoms with van der Waals surface area (Å²) in [6.07, 6.45) is -12.6. The maximum Gasteiger partial charge on any atom is 0.303 e. The van der Waals surface area contributed by atoms with Crippen molar-refractivity contribution in [1.82, 2.24) is 5.32 Å². The SMILES string of the molecule is CC(=O)OC[C@@H](OC(C)=O)[C@@H](OC(C)=O)[C@H](OC(C)=O)[C@@H](OC(C)=O)C(=O)NC[C@H]1O[C@@](O)(Cc2ccccc2)[C@H](N)[C@@H](OC(C)=O)[C@@H]1OC(C)=O. The molecule has 0 aliphatic carbocycles. The van der Waals surface area contributed by atoms with Crippen LogP contribution in [-0.2, 0) is 82.7 Å². The van der Waals surface area contributed by atoms with Crippen molar-refractivity contribution in [3.05, 3.63) is 35.9 Å². The minimum absolute atomic E-state index is 0.251. The number of nitrogens with one attached hydrogen (secondary N) is 1. The molecule has 4 N–H and O–H groups in total. The third kappa shape index (κ3) is 13.2. The van der Waals surface area contributed by atoms with Crippen LogP contribution in [0.25, 0.3) is 0 Å². The van der Waals surface area contributed by atoms with Crippen LogP contribution in [0.4, 0.5) is 0 Å². The summed E-state index contributed by atoms with van der Waals surface area (Å²) < 4.78 is 42.7. The van der Waals surface area contributed by atoms with Gasteiger partial charge in [0.1, 0.15) is 18.8 Å². The molecule has 52 heavy (non-hydrogen) atoms.